The monoisotopic (exact) mass is 418 g/mol. The number of amides is 1. The third-order valence-electron chi connectivity index (χ3n) is 4.59. The van der Waals surface area contributed by atoms with Crippen molar-refractivity contribution in [2.24, 2.45) is 0 Å². The van der Waals surface area contributed by atoms with Crippen molar-refractivity contribution in [3.05, 3.63) is 40.2 Å². The highest BCUT2D eigenvalue weighted by Gasteiger charge is 2.21. The Morgan fingerprint density at radius 3 is 2.10 bits per heavy atom. The van der Waals surface area contributed by atoms with E-state index in [1.165, 1.54) is 28.3 Å². The summed E-state index contributed by atoms with van der Waals surface area (Å²) in [5.74, 6) is 0.156. The number of aromatic amines is 1. The van der Waals surface area contributed by atoms with Gasteiger partial charge in [0.2, 0.25) is 0 Å². The van der Waals surface area contributed by atoms with E-state index in [2.05, 4.69) is 10.3 Å². The molecule has 162 valence electrons. The van der Waals surface area contributed by atoms with Crippen LogP contribution in [0.2, 0.25) is 0 Å². The van der Waals surface area contributed by atoms with Crippen LogP contribution in [-0.2, 0) is 16.1 Å². The number of Topliss-reactive ketones (excluding diaryl/α,β-unsaturated/α-hetero) is 1. The SMILES string of the molecule is COc1cc(OC)c(OC)cc1CNC(=O)COC(=O)c1[nH]c(C)c(C(C)=O)c1C. The predicted molar refractivity (Wildman–Crippen MR) is 108 cm³/mol. The molecule has 2 aromatic rings. The molecule has 0 fully saturated rings. The van der Waals surface area contributed by atoms with Crippen molar-refractivity contribution < 1.29 is 33.3 Å². The van der Waals surface area contributed by atoms with E-state index >= 15 is 0 Å². The lowest BCUT2D eigenvalue weighted by atomic mass is 10.1. The summed E-state index contributed by atoms with van der Waals surface area (Å²) in [7, 11) is 4.53. The number of carbonyl (C=O) groups excluding carboxylic acids is 3. The van der Waals surface area contributed by atoms with Crippen LogP contribution in [0.4, 0.5) is 0 Å². The van der Waals surface area contributed by atoms with Gasteiger partial charge in [-0.1, -0.05) is 0 Å². The number of H-pyrrole nitrogens is 1. The molecule has 0 aliphatic carbocycles. The molecule has 0 aliphatic heterocycles. The zero-order chi connectivity index (χ0) is 22.4. The fraction of sp³-hybridized carbons (Fsp3) is 0.381. The number of aryl methyl sites for hydroxylation is 1. The molecule has 0 saturated carbocycles. The molecule has 0 radical (unpaired) electrons. The fourth-order valence-electron chi connectivity index (χ4n) is 3.16. The summed E-state index contributed by atoms with van der Waals surface area (Å²) in [4.78, 5) is 39.0. The van der Waals surface area contributed by atoms with Crippen molar-refractivity contribution in [1.82, 2.24) is 10.3 Å². The quantitative estimate of drug-likeness (QED) is 0.474. The lowest BCUT2D eigenvalue weighted by molar-refractivity contribution is -0.124. The summed E-state index contributed by atoms with van der Waals surface area (Å²) in [5.41, 5.74) is 2.35. The molecule has 0 spiro atoms. The highest BCUT2D eigenvalue weighted by molar-refractivity contribution is 6.01. The van der Waals surface area contributed by atoms with Crippen molar-refractivity contribution >= 4 is 17.7 Å². The molecule has 30 heavy (non-hydrogen) atoms. The molecular weight excluding hydrogens is 392 g/mol. The van der Waals surface area contributed by atoms with Crippen LogP contribution >= 0.6 is 0 Å². The van der Waals surface area contributed by atoms with E-state index in [-0.39, 0.29) is 18.0 Å². The Morgan fingerprint density at radius 2 is 1.57 bits per heavy atom. The number of esters is 1. The summed E-state index contributed by atoms with van der Waals surface area (Å²) >= 11 is 0. The largest absolute Gasteiger partial charge is 0.496 e. The fourth-order valence-corrected chi connectivity index (χ4v) is 3.16. The predicted octanol–water partition coefficient (Wildman–Crippen LogP) is 2.33. The minimum atomic E-state index is -0.707. The average molecular weight is 418 g/mol. The van der Waals surface area contributed by atoms with Crippen LogP contribution in [0.5, 0.6) is 17.2 Å². The Hall–Kier alpha value is -3.49. The van der Waals surface area contributed by atoms with Gasteiger partial charge in [0.1, 0.15) is 11.4 Å². The number of methoxy groups -OCH3 is 3. The number of rotatable bonds is 9. The minimum absolute atomic E-state index is 0.134. The van der Waals surface area contributed by atoms with E-state index < -0.39 is 18.5 Å². The van der Waals surface area contributed by atoms with Crippen molar-refractivity contribution in [2.75, 3.05) is 27.9 Å². The van der Waals surface area contributed by atoms with Crippen LogP contribution in [0.25, 0.3) is 0 Å². The smallest absolute Gasteiger partial charge is 0.355 e. The van der Waals surface area contributed by atoms with Crippen molar-refractivity contribution in [3.63, 3.8) is 0 Å². The molecular formula is C21H26N2O7. The third-order valence-corrected chi connectivity index (χ3v) is 4.59. The summed E-state index contributed by atoms with van der Waals surface area (Å²) in [5, 5.41) is 2.66. The van der Waals surface area contributed by atoms with Crippen LogP contribution in [0.1, 0.15) is 44.6 Å². The van der Waals surface area contributed by atoms with Gasteiger partial charge in [0, 0.05) is 29.4 Å². The van der Waals surface area contributed by atoms with Crippen LogP contribution in [-0.4, -0.2) is 50.6 Å². The van der Waals surface area contributed by atoms with E-state index in [1.807, 2.05) is 0 Å². The van der Waals surface area contributed by atoms with Gasteiger partial charge in [-0.25, -0.2) is 4.79 Å². The van der Waals surface area contributed by atoms with E-state index in [4.69, 9.17) is 18.9 Å². The number of nitrogens with one attached hydrogen (secondary N) is 2. The minimum Gasteiger partial charge on any atom is -0.496 e. The lowest BCUT2D eigenvalue weighted by Gasteiger charge is -2.14. The van der Waals surface area contributed by atoms with Gasteiger partial charge in [-0.15, -0.1) is 0 Å². The van der Waals surface area contributed by atoms with Crippen molar-refractivity contribution in [3.8, 4) is 17.2 Å². The first-order valence-corrected chi connectivity index (χ1v) is 9.16. The number of hydrogen-bond acceptors (Lipinski definition) is 7. The van der Waals surface area contributed by atoms with Gasteiger partial charge >= 0.3 is 5.97 Å². The molecule has 0 saturated heterocycles. The Bertz CT molecular complexity index is 963. The van der Waals surface area contributed by atoms with Gasteiger partial charge in [-0.05, 0) is 32.4 Å². The molecule has 9 nitrogen and oxygen atoms in total. The number of benzene rings is 1. The van der Waals surface area contributed by atoms with Crippen LogP contribution in [0, 0.1) is 13.8 Å². The normalized spacial score (nSPS) is 10.3. The second-order valence-corrected chi connectivity index (χ2v) is 6.55. The van der Waals surface area contributed by atoms with Gasteiger partial charge < -0.3 is 29.2 Å². The zero-order valence-corrected chi connectivity index (χ0v) is 17.9. The average Bonchev–Trinajstić information content (AvgIpc) is 3.03. The lowest BCUT2D eigenvalue weighted by Crippen LogP contribution is -2.28. The molecule has 1 amide bonds. The Balaban J connectivity index is 2.00. The first-order chi connectivity index (χ1) is 14.2. The Labute approximate surface area is 174 Å². The molecule has 1 aromatic carbocycles. The number of hydrogen-bond donors (Lipinski definition) is 2. The van der Waals surface area contributed by atoms with E-state index in [1.54, 1.807) is 26.0 Å². The van der Waals surface area contributed by atoms with Gasteiger partial charge in [0.05, 0.1) is 21.3 Å². The molecule has 0 bridgehead atoms. The molecule has 1 heterocycles. The maximum absolute atomic E-state index is 12.3. The second kappa shape index (κ2) is 9.82. The van der Waals surface area contributed by atoms with E-state index in [0.29, 0.717) is 39.6 Å². The topological polar surface area (TPSA) is 116 Å². The van der Waals surface area contributed by atoms with Crippen LogP contribution < -0.4 is 19.5 Å². The Morgan fingerprint density at radius 1 is 0.967 bits per heavy atom. The van der Waals surface area contributed by atoms with Crippen LogP contribution in [0.3, 0.4) is 0 Å². The highest BCUT2D eigenvalue weighted by Crippen LogP contribution is 2.34. The first-order valence-electron chi connectivity index (χ1n) is 9.16. The summed E-state index contributed by atoms with van der Waals surface area (Å²) < 4.78 is 20.9. The van der Waals surface area contributed by atoms with Gasteiger partial charge in [-0.2, -0.15) is 0 Å². The van der Waals surface area contributed by atoms with Gasteiger partial charge in [0.15, 0.2) is 23.9 Å². The molecule has 2 rings (SSSR count). The number of ketones is 1. The zero-order valence-electron chi connectivity index (χ0n) is 17.9. The van der Waals surface area contributed by atoms with Crippen molar-refractivity contribution in [1.29, 1.82) is 0 Å². The van der Waals surface area contributed by atoms with Crippen molar-refractivity contribution in [2.45, 2.75) is 27.3 Å². The first kappa shape index (κ1) is 22.8. The molecule has 1 aromatic heterocycles. The number of aromatic nitrogens is 1. The van der Waals surface area contributed by atoms with Gasteiger partial charge in [-0.3, -0.25) is 9.59 Å². The summed E-state index contributed by atoms with van der Waals surface area (Å²) in [6.45, 7) is 4.44. The summed E-state index contributed by atoms with van der Waals surface area (Å²) in [6, 6.07) is 3.35. The van der Waals surface area contributed by atoms with Gasteiger partial charge in [0.25, 0.3) is 5.91 Å². The third kappa shape index (κ3) is 4.91. The van der Waals surface area contributed by atoms with Crippen LogP contribution in [0.15, 0.2) is 12.1 Å². The maximum Gasteiger partial charge on any atom is 0.355 e. The number of ether oxygens (including phenoxy) is 4. The van der Waals surface area contributed by atoms with E-state index in [9.17, 15) is 14.4 Å². The second-order valence-electron chi connectivity index (χ2n) is 6.55. The Kier molecular flexibility index (Phi) is 7.46. The maximum atomic E-state index is 12.3. The summed E-state index contributed by atoms with van der Waals surface area (Å²) in [6.07, 6.45) is 0. The number of carbonyl (C=O) groups is 3. The standard InChI is InChI=1S/C21H26N2O7/c1-11-19(13(3)24)12(2)23-20(11)21(26)30-10-18(25)22-9-14-7-16(28-5)17(29-6)8-15(14)27-4/h7-8,23H,9-10H2,1-6H3,(H,22,25). The molecule has 0 atom stereocenters. The molecule has 0 aliphatic rings. The van der Waals surface area contributed by atoms with E-state index in [0.717, 1.165) is 0 Å². The highest BCUT2D eigenvalue weighted by atomic mass is 16.5. The molecule has 9 heteroatoms. The molecule has 0 unspecified atom stereocenters. The molecule has 2 N–H and O–H groups in total.